The average Bonchev–Trinajstić information content (AvgIpc) is 3.35. The second-order valence-corrected chi connectivity index (χ2v) is 18.1. The second-order valence-electron chi connectivity index (χ2n) is 12.9. The van der Waals surface area contributed by atoms with Crippen molar-refractivity contribution in [2.24, 2.45) is 0 Å². The zero-order valence-corrected chi connectivity index (χ0v) is 29.8. The van der Waals surface area contributed by atoms with E-state index in [9.17, 15) is 24.0 Å². The van der Waals surface area contributed by atoms with Crippen molar-refractivity contribution in [1.29, 1.82) is 0 Å². The summed E-state index contributed by atoms with van der Waals surface area (Å²) < 4.78 is 25.5. The first-order valence-corrected chi connectivity index (χ1v) is 19.5. The minimum Gasteiger partial charge on any atom is -0.459 e. The molecule has 1 aliphatic heterocycles. The molecule has 50 heavy (non-hydrogen) atoms. The second kappa shape index (κ2) is 14.7. The predicted octanol–water partition coefficient (Wildman–Crippen LogP) is 5.26. The Bertz CT molecular complexity index is 2080. The van der Waals surface area contributed by atoms with Gasteiger partial charge in [-0.3, -0.25) is 14.3 Å². The highest BCUT2D eigenvalue weighted by Crippen LogP contribution is 2.43. The standard InChI is InChI=1S/C37H35ClN2O9Si/c1-23-6-10-26(11-7-23)34(43)48-31-32(40-20-18-30(41)39-36(40)45)47-29(22-46-33(42)25-14-16-28(38)17-15-25)37(31,19-21-50(3,4)5)49-35(44)27-12-8-24(2)9-13-27/h6-18,20,29,31-32H,22H2,1-5H3,(H,39,41,45)/t29-,31+,32-,37-/m1/s1. The molecule has 1 fully saturated rings. The van der Waals surface area contributed by atoms with E-state index < -0.39 is 67.9 Å². The molecule has 0 amide bonds. The molecule has 2 heterocycles. The SMILES string of the molecule is Cc1ccc(C(=O)O[C@H]2[C@H](n3ccc(=O)[nH]c3=O)O[C@H](COC(=O)c3ccc(Cl)cc3)[C@@]2(C#C[Si](C)(C)C)OC(=O)c2ccc(C)cc2)cc1. The average molecular weight is 715 g/mol. The van der Waals surface area contributed by atoms with Crippen LogP contribution in [0.4, 0.5) is 0 Å². The van der Waals surface area contributed by atoms with E-state index in [1.165, 1.54) is 30.5 Å². The molecule has 0 spiro atoms. The van der Waals surface area contributed by atoms with Crippen molar-refractivity contribution in [1.82, 2.24) is 9.55 Å². The lowest BCUT2D eigenvalue weighted by atomic mass is 9.92. The number of aromatic nitrogens is 2. The Kier molecular flexibility index (Phi) is 10.6. The van der Waals surface area contributed by atoms with Crippen LogP contribution in [-0.4, -0.2) is 59.9 Å². The van der Waals surface area contributed by atoms with Crippen molar-refractivity contribution in [2.75, 3.05) is 6.61 Å². The molecule has 1 saturated heterocycles. The van der Waals surface area contributed by atoms with Crippen molar-refractivity contribution in [3.05, 3.63) is 139 Å². The Morgan fingerprint density at radius 1 is 0.840 bits per heavy atom. The van der Waals surface area contributed by atoms with Crippen LogP contribution in [0.1, 0.15) is 48.4 Å². The van der Waals surface area contributed by atoms with Gasteiger partial charge in [0, 0.05) is 17.3 Å². The highest BCUT2D eigenvalue weighted by Gasteiger charge is 2.63. The molecule has 1 aromatic heterocycles. The van der Waals surface area contributed by atoms with Crippen molar-refractivity contribution in [2.45, 2.75) is 57.5 Å². The number of rotatable bonds is 8. The maximum absolute atomic E-state index is 14.0. The lowest BCUT2D eigenvalue weighted by Crippen LogP contribution is -2.54. The van der Waals surface area contributed by atoms with E-state index in [2.05, 4.69) is 16.4 Å². The van der Waals surface area contributed by atoms with E-state index >= 15 is 0 Å². The first kappa shape index (κ1) is 36.1. The highest BCUT2D eigenvalue weighted by atomic mass is 35.5. The summed E-state index contributed by atoms with van der Waals surface area (Å²) in [5.41, 5.74) is 1.80. The number of hydrogen-bond acceptors (Lipinski definition) is 9. The van der Waals surface area contributed by atoms with Gasteiger partial charge in [0.15, 0.2) is 6.23 Å². The van der Waals surface area contributed by atoms with Crippen LogP contribution in [0, 0.1) is 25.3 Å². The van der Waals surface area contributed by atoms with E-state index in [4.69, 9.17) is 30.5 Å². The van der Waals surface area contributed by atoms with Crippen LogP contribution >= 0.6 is 11.6 Å². The van der Waals surface area contributed by atoms with Crippen LogP contribution in [-0.2, 0) is 18.9 Å². The molecular weight excluding hydrogens is 680 g/mol. The smallest absolute Gasteiger partial charge is 0.339 e. The number of hydrogen-bond donors (Lipinski definition) is 1. The zero-order chi connectivity index (χ0) is 36.2. The highest BCUT2D eigenvalue weighted by molar-refractivity contribution is 6.83. The molecule has 11 nitrogen and oxygen atoms in total. The van der Waals surface area contributed by atoms with E-state index in [0.717, 1.165) is 21.8 Å². The normalized spacial score (nSPS) is 19.9. The molecule has 0 radical (unpaired) electrons. The number of nitrogens with one attached hydrogen (secondary N) is 1. The summed E-state index contributed by atoms with van der Waals surface area (Å²) in [7, 11) is -2.29. The molecular formula is C37H35ClN2O9Si. The fraction of sp³-hybridized carbons (Fsp3) is 0.270. The van der Waals surface area contributed by atoms with Crippen LogP contribution in [0.2, 0.25) is 24.7 Å². The summed E-state index contributed by atoms with van der Waals surface area (Å²) in [6.45, 7) is 9.04. The van der Waals surface area contributed by atoms with Crippen LogP contribution in [0.3, 0.4) is 0 Å². The third-order valence-corrected chi connectivity index (χ3v) is 8.86. The van der Waals surface area contributed by atoms with Crippen molar-refractivity contribution in [3.63, 3.8) is 0 Å². The number of benzene rings is 3. The van der Waals surface area contributed by atoms with Gasteiger partial charge in [-0.25, -0.2) is 19.2 Å². The lowest BCUT2D eigenvalue weighted by molar-refractivity contribution is -0.0784. The Hall–Kier alpha value is -5.22. The molecule has 258 valence electrons. The summed E-state index contributed by atoms with van der Waals surface area (Å²) >= 11 is 6.00. The molecule has 5 rings (SSSR count). The van der Waals surface area contributed by atoms with Gasteiger partial charge < -0.3 is 18.9 Å². The van der Waals surface area contributed by atoms with Gasteiger partial charge in [-0.1, -0.05) is 72.6 Å². The van der Waals surface area contributed by atoms with E-state index in [0.29, 0.717) is 5.02 Å². The van der Waals surface area contributed by atoms with Crippen molar-refractivity contribution >= 4 is 37.6 Å². The molecule has 13 heteroatoms. The van der Waals surface area contributed by atoms with Gasteiger partial charge in [0.1, 0.15) is 20.8 Å². The summed E-state index contributed by atoms with van der Waals surface area (Å²) in [6, 6.07) is 20.3. The Labute approximate surface area is 294 Å². The summed E-state index contributed by atoms with van der Waals surface area (Å²) in [5, 5.41) is 0.414. The quantitative estimate of drug-likeness (QED) is 0.112. The van der Waals surface area contributed by atoms with Gasteiger partial charge in [-0.15, -0.1) is 5.54 Å². The van der Waals surface area contributed by atoms with E-state index in [1.807, 2.05) is 33.5 Å². The molecule has 4 aromatic rings. The number of nitrogens with zero attached hydrogens (tertiary/aromatic N) is 1. The Morgan fingerprint density at radius 2 is 1.38 bits per heavy atom. The number of carbonyl (C=O) groups excluding carboxylic acids is 3. The molecule has 3 aromatic carbocycles. The first-order valence-electron chi connectivity index (χ1n) is 15.7. The van der Waals surface area contributed by atoms with Crippen LogP contribution in [0.5, 0.6) is 0 Å². The Morgan fingerprint density at radius 3 is 1.94 bits per heavy atom. The minimum absolute atomic E-state index is 0.162. The van der Waals surface area contributed by atoms with Crippen LogP contribution in [0.15, 0.2) is 94.6 Å². The summed E-state index contributed by atoms with van der Waals surface area (Å²) in [5.74, 6) is 0.672. The predicted molar refractivity (Wildman–Crippen MR) is 188 cm³/mol. The molecule has 1 N–H and O–H groups in total. The number of halogens is 1. The van der Waals surface area contributed by atoms with E-state index in [1.54, 1.807) is 48.5 Å². The molecule has 0 unspecified atom stereocenters. The van der Waals surface area contributed by atoms with Gasteiger partial charge in [-0.05, 0) is 62.4 Å². The van der Waals surface area contributed by atoms with Gasteiger partial charge >= 0.3 is 23.6 Å². The largest absolute Gasteiger partial charge is 0.459 e. The number of H-pyrrole nitrogens is 1. The lowest BCUT2D eigenvalue weighted by Gasteiger charge is -2.33. The molecule has 4 atom stereocenters. The number of aromatic amines is 1. The Balaban J connectivity index is 1.68. The number of esters is 3. The molecule has 0 bridgehead atoms. The van der Waals surface area contributed by atoms with Crippen molar-refractivity contribution in [3.8, 4) is 11.5 Å². The fourth-order valence-electron chi connectivity index (χ4n) is 5.07. The van der Waals surface area contributed by atoms with Gasteiger partial charge in [0.2, 0.25) is 11.7 Å². The van der Waals surface area contributed by atoms with Crippen LogP contribution < -0.4 is 11.2 Å². The molecule has 0 saturated carbocycles. The maximum atomic E-state index is 14.0. The van der Waals surface area contributed by atoms with E-state index in [-0.39, 0.29) is 16.7 Å². The monoisotopic (exact) mass is 714 g/mol. The van der Waals surface area contributed by atoms with Crippen molar-refractivity contribution < 1.29 is 33.3 Å². The zero-order valence-electron chi connectivity index (χ0n) is 28.0. The molecule has 0 aliphatic carbocycles. The summed E-state index contributed by atoms with van der Waals surface area (Å²) in [4.78, 5) is 68.4. The first-order chi connectivity index (χ1) is 23.6. The van der Waals surface area contributed by atoms with Crippen LogP contribution in [0.25, 0.3) is 0 Å². The van der Waals surface area contributed by atoms with Gasteiger partial charge in [0.05, 0.1) is 16.7 Å². The number of aryl methyl sites for hydroxylation is 2. The summed E-state index contributed by atoms with van der Waals surface area (Å²) in [6.07, 6.45) is -3.36. The number of carbonyl (C=O) groups is 3. The number of ether oxygens (including phenoxy) is 4. The fourth-order valence-corrected chi connectivity index (χ4v) is 5.76. The van der Waals surface area contributed by atoms with Gasteiger partial charge in [0.25, 0.3) is 5.56 Å². The topological polar surface area (TPSA) is 143 Å². The maximum Gasteiger partial charge on any atom is 0.339 e. The third kappa shape index (κ3) is 8.31. The third-order valence-electron chi connectivity index (χ3n) is 7.74. The minimum atomic E-state index is -2.29. The van der Waals surface area contributed by atoms with Gasteiger partial charge in [-0.2, -0.15) is 0 Å². The molecule has 1 aliphatic rings.